The fourth-order valence-electron chi connectivity index (χ4n) is 5.10. The molecule has 0 saturated carbocycles. The molecule has 9 nitrogen and oxygen atoms in total. The van der Waals surface area contributed by atoms with Gasteiger partial charge in [0, 0.05) is 60.9 Å². The number of nitrogens with one attached hydrogen (secondary N) is 2. The number of anilines is 3. The summed E-state index contributed by atoms with van der Waals surface area (Å²) in [5, 5.41) is 11.7. The second-order valence-corrected chi connectivity index (χ2v) is 12.8. The standard InChI is InChI=1S/C30H37Cl2N7O2/c1-30(2,3)9-10-37-11-13-38(14-12-37)29(41)33-17-21-6-5-20(15-24(21)32)28(40)39-19-22-18-34-36(4)27(22)35-25-16-23(31)7-8-26(25)39/h5-8,15-16,18,35H,9-14,17,19H2,1-4H3,(H,33,41). The molecule has 2 aliphatic rings. The number of benzene rings is 2. The van der Waals surface area contributed by atoms with Crippen molar-refractivity contribution in [1.29, 1.82) is 0 Å². The van der Waals surface area contributed by atoms with Gasteiger partial charge in [-0.1, -0.05) is 50.0 Å². The van der Waals surface area contributed by atoms with Crippen molar-refractivity contribution in [3.63, 3.8) is 0 Å². The van der Waals surface area contributed by atoms with Crippen LogP contribution in [0.2, 0.25) is 10.0 Å². The largest absolute Gasteiger partial charge is 0.338 e. The highest BCUT2D eigenvalue weighted by Crippen LogP contribution is 2.38. The number of piperazine rings is 1. The molecular formula is C30H37Cl2N7O2. The van der Waals surface area contributed by atoms with Gasteiger partial charge in [-0.2, -0.15) is 5.10 Å². The van der Waals surface area contributed by atoms with Crippen LogP contribution in [0.3, 0.4) is 0 Å². The normalized spacial score (nSPS) is 15.6. The Morgan fingerprint density at radius 2 is 1.80 bits per heavy atom. The van der Waals surface area contributed by atoms with E-state index in [1.54, 1.807) is 46.1 Å². The van der Waals surface area contributed by atoms with Gasteiger partial charge < -0.3 is 20.4 Å². The molecule has 3 heterocycles. The van der Waals surface area contributed by atoms with Crippen LogP contribution in [0.4, 0.5) is 22.0 Å². The van der Waals surface area contributed by atoms with Crippen LogP contribution in [0.5, 0.6) is 0 Å². The van der Waals surface area contributed by atoms with Gasteiger partial charge in [0.2, 0.25) is 0 Å². The Balaban J connectivity index is 1.23. The number of amides is 3. The SMILES string of the molecule is Cn1ncc2c1Nc1cc(Cl)ccc1N(C(=O)c1ccc(CNC(=O)N3CCN(CCC(C)(C)C)CC3)c(Cl)c1)C2. The minimum absolute atomic E-state index is 0.101. The maximum atomic E-state index is 13.8. The van der Waals surface area contributed by atoms with Gasteiger partial charge in [-0.3, -0.25) is 14.4 Å². The molecule has 1 fully saturated rings. The number of carbonyl (C=O) groups excluding carboxylic acids is 2. The number of hydrogen-bond acceptors (Lipinski definition) is 5. The lowest BCUT2D eigenvalue weighted by molar-refractivity contribution is 0.0985. The molecule has 3 aromatic rings. The van der Waals surface area contributed by atoms with Gasteiger partial charge in [0.1, 0.15) is 5.82 Å². The topological polar surface area (TPSA) is 85.7 Å². The second-order valence-electron chi connectivity index (χ2n) is 11.9. The van der Waals surface area contributed by atoms with E-state index < -0.39 is 0 Å². The van der Waals surface area contributed by atoms with Gasteiger partial charge in [-0.05, 0) is 54.3 Å². The first kappa shape index (κ1) is 29.2. The zero-order valence-corrected chi connectivity index (χ0v) is 25.5. The smallest absolute Gasteiger partial charge is 0.317 e. The third-order valence-corrected chi connectivity index (χ3v) is 8.25. The monoisotopic (exact) mass is 597 g/mol. The third kappa shape index (κ3) is 6.80. The summed E-state index contributed by atoms with van der Waals surface area (Å²) in [6.45, 7) is 11.6. The van der Waals surface area contributed by atoms with Gasteiger partial charge in [-0.15, -0.1) is 0 Å². The van der Waals surface area contributed by atoms with E-state index in [2.05, 4.69) is 41.4 Å². The third-order valence-electron chi connectivity index (χ3n) is 7.66. The van der Waals surface area contributed by atoms with E-state index in [0.29, 0.717) is 52.0 Å². The Morgan fingerprint density at radius 1 is 1.05 bits per heavy atom. The predicted octanol–water partition coefficient (Wildman–Crippen LogP) is 5.89. The van der Waals surface area contributed by atoms with Gasteiger partial charge in [0.05, 0.1) is 24.1 Å². The molecule has 0 unspecified atom stereocenters. The van der Waals surface area contributed by atoms with Crippen molar-refractivity contribution in [3.8, 4) is 0 Å². The van der Waals surface area contributed by atoms with Crippen LogP contribution in [0, 0.1) is 5.41 Å². The summed E-state index contributed by atoms with van der Waals surface area (Å²) in [5.74, 6) is 0.605. The van der Waals surface area contributed by atoms with Crippen LogP contribution in [0.25, 0.3) is 0 Å². The maximum absolute atomic E-state index is 13.8. The van der Waals surface area contributed by atoms with Crippen molar-refractivity contribution in [2.75, 3.05) is 42.9 Å². The number of hydrogen-bond donors (Lipinski definition) is 2. The highest BCUT2D eigenvalue weighted by Gasteiger charge is 2.28. The molecule has 3 amide bonds. The van der Waals surface area contributed by atoms with E-state index >= 15 is 0 Å². The number of urea groups is 1. The van der Waals surface area contributed by atoms with Crippen LogP contribution in [0.1, 0.15) is 48.7 Å². The van der Waals surface area contributed by atoms with Crippen molar-refractivity contribution in [2.24, 2.45) is 12.5 Å². The molecule has 0 radical (unpaired) electrons. The van der Waals surface area contributed by atoms with Crippen molar-refractivity contribution in [3.05, 3.63) is 69.3 Å². The highest BCUT2D eigenvalue weighted by atomic mass is 35.5. The Morgan fingerprint density at radius 3 is 2.51 bits per heavy atom. The predicted molar refractivity (Wildman–Crippen MR) is 164 cm³/mol. The zero-order chi connectivity index (χ0) is 29.3. The molecule has 41 heavy (non-hydrogen) atoms. The Labute approximate surface area is 251 Å². The summed E-state index contributed by atoms with van der Waals surface area (Å²) in [6, 6.07) is 10.5. The summed E-state index contributed by atoms with van der Waals surface area (Å²) >= 11 is 12.9. The molecule has 0 aliphatic carbocycles. The van der Waals surface area contributed by atoms with E-state index in [-0.39, 0.29) is 18.5 Å². The van der Waals surface area contributed by atoms with Gasteiger partial charge >= 0.3 is 6.03 Å². The Hall–Kier alpha value is -3.27. The number of fused-ring (bicyclic) bond motifs is 2. The molecule has 0 atom stereocenters. The fourth-order valence-corrected chi connectivity index (χ4v) is 5.52. The van der Waals surface area contributed by atoms with Crippen molar-refractivity contribution in [2.45, 2.75) is 40.3 Å². The van der Waals surface area contributed by atoms with Gasteiger partial charge in [0.25, 0.3) is 5.91 Å². The van der Waals surface area contributed by atoms with E-state index in [0.717, 1.165) is 43.0 Å². The van der Waals surface area contributed by atoms with E-state index in [1.165, 1.54) is 0 Å². The molecule has 2 aliphatic heterocycles. The van der Waals surface area contributed by atoms with E-state index in [9.17, 15) is 9.59 Å². The van der Waals surface area contributed by atoms with Gasteiger partial charge in [0.15, 0.2) is 0 Å². The molecule has 0 bridgehead atoms. The highest BCUT2D eigenvalue weighted by molar-refractivity contribution is 6.32. The lowest BCUT2D eigenvalue weighted by Gasteiger charge is -2.36. The molecule has 2 N–H and O–H groups in total. The van der Waals surface area contributed by atoms with E-state index in [4.69, 9.17) is 23.2 Å². The summed E-state index contributed by atoms with van der Waals surface area (Å²) in [4.78, 5) is 32.6. The minimum Gasteiger partial charge on any atom is -0.338 e. The molecule has 1 aromatic heterocycles. The fraction of sp³-hybridized carbons (Fsp3) is 0.433. The average molecular weight is 599 g/mol. The van der Waals surface area contributed by atoms with Crippen LogP contribution in [-0.2, 0) is 20.1 Å². The maximum Gasteiger partial charge on any atom is 0.317 e. The van der Waals surface area contributed by atoms with Crippen molar-refractivity contribution < 1.29 is 9.59 Å². The first-order valence-electron chi connectivity index (χ1n) is 13.9. The average Bonchev–Trinajstić information content (AvgIpc) is 3.18. The summed E-state index contributed by atoms with van der Waals surface area (Å²) in [5.41, 5.74) is 3.81. The first-order valence-corrected chi connectivity index (χ1v) is 14.7. The second kappa shape index (κ2) is 11.9. The molecule has 0 spiro atoms. The van der Waals surface area contributed by atoms with Crippen LogP contribution in [-0.4, -0.2) is 64.2 Å². The molecular weight excluding hydrogens is 561 g/mol. The first-order chi connectivity index (χ1) is 19.5. The number of nitrogens with zero attached hydrogens (tertiary/aromatic N) is 5. The summed E-state index contributed by atoms with van der Waals surface area (Å²) in [7, 11) is 1.85. The van der Waals surface area contributed by atoms with Crippen molar-refractivity contribution in [1.82, 2.24) is 24.9 Å². The summed E-state index contributed by atoms with van der Waals surface area (Å²) < 4.78 is 1.74. The zero-order valence-electron chi connectivity index (χ0n) is 24.0. The molecule has 218 valence electrons. The number of aryl methyl sites for hydroxylation is 1. The van der Waals surface area contributed by atoms with Crippen LogP contribution < -0.4 is 15.5 Å². The summed E-state index contributed by atoms with van der Waals surface area (Å²) in [6.07, 6.45) is 2.89. The number of carbonyl (C=O) groups is 2. The molecule has 5 rings (SSSR count). The number of rotatable bonds is 5. The Bertz CT molecular complexity index is 1440. The lowest BCUT2D eigenvalue weighted by Crippen LogP contribution is -2.51. The lowest BCUT2D eigenvalue weighted by atomic mass is 9.92. The number of aromatic nitrogens is 2. The van der Waals surface area contributed by atoms with E-state index in [1.807, 2.05) is 18.0 Å². The van der Waals surface area contributed by atoms with Gasteiger partial charge in [-0.25, -0.2) is 4.79 Å². The molecule has 1 saturated heterocycles. The van der Waals surface area contributed by atoms with Crippen LogP contribution >= 0.6 is 23.2 Å². The minimum atomic E-state index is -0.200. The van der Waals surface area contributed by atoms with Crippen molar-refractivity contribution >= 4 is 52.3 Å². The molecule has 2 aromatic carbocycles. The number of halogens is 2. The Kier molecular flexibility index (Phi) is 8.50. The quantitative estimate of drug-likeness (QED) is 0.383. The van der Waals surface area contributed by atoms with Crippen LogP contribution in [0.15, 0.2) is 42.6 Å². The molecule has 11 heteroatoms.